The van der Waals surface area contributed by atoms with Crippen LogP contribution in [0.1, 0.15) is 24.8 Å². The summed E-state index contributed by atoms with van der Waals surface area (Å²) in [7, 11) is 0. The van der Waals surface area contributed by atoms with Crippen molar-refractivity contribution < 1.29 is 28.8 Å². The molecule has 0 bridgehead atoms. The molecule has 0 atom stereocenters. The highest BCUT2D eigenvalue weighted by molar-refractivity contribution is 8.18. The Morgan fingerprint density at radius 2 is 1.86 bits per heavy atom. The quantitative estimate of drug-likeness (QED) is 0.414. The van der Waals surface area contributed by atoms with Gasteiger partial charge in [-0.25, -0.2) is 0 Å². The fourth-order valence-electron chi connectivity index (χ4n) is 3.38. The number of likely N-dealkylation sites (tertiary alicyclic amines) is 1. The molecule has 2 saturated heterocycles. The van der Waals surface area contributed by atoms with E-state index in [-0.39, 0.29) is 41.2 Å². The summed E-state index contributed by atoms with van der Waals surface area (Å²) in [6.45, 7) is 0.860. The average molecular weight is 419 g/mol. The van der Waals surface area contributed by atoms with Gasteiger partial charge in [0.25, 0.3) is 16.8 Å². The maximum absolute atomic E-state index is 12.7. The van der Waals surface area contributed by atoms with Crippen molar-refractivity contribution in [3.8, 4) is 11.5 Å². The number of carbonyl (C=O) groups is 3. The Hall–Kier alpha value is -3.08. The van der Waals surface area contributed by atoms with Crippen molar-refractivity contribution in [2.45, 2.75) is 19.3 Å². The highest BCUT2D eigenvalue weighted by Gasteiger charge is 2.38. The van der Waals surface area contributed by atoms with Gasteiger partial charge in [-0.05, 0) is 43.2 Å². The molecule has 0 spiro atoms. The third-order valence-electron chi connectivity index (χ3n) is 4.88. The first kappa shape index (κ1) is 19.2. The number of thioether (sulfide) groups is 1. The second-order valence-corrected chi connectivity index (χ2v) is 7.72. The lowest BCUT2D eigenvalue weighted by atomic mass is 10.1. The first-order valence-electron chi connectivity index (χ1n) is 9.05. The van der Waals surface area contributed by atoms with E-state index in [1.165, 1.54) is 18.2 Å². The van der Waals surface area contributed by atoms with Crippen molar-refractivity contribution in [2.24, 2.45) is 0 Å². The predicted molar refractivity (Wildman–Crippen MR) is 102 cm³/mol. The van der Waals surface area contributed by atoms with E-state index in [2.05, 4.69) is 0 Å². The van der Waals surface area contributed by atoms with Gasteiger partial charge in [-0.2, -0.15) is 0 Å². The molecular formula is C18H17N3O7S. The van der Waals surface area contributed by atoms with Crippen LogP contribution in [0, 0.1) is 10.1 Å². The zero-order valence-electron chi connectivity index (χ0n) is 15.3. The van der Waals surface area contributed by atoms with Crippen molar-refractivity contribution >= 4 is 40.6 Å². The van der Waals surface area contributed by atoms with Crippen LogP contribution in [0.5, 0.6) is 11.5 Å². The molecule has 1 aromatic carbocycles. The molecule has 4 rings (SSSR count). The summed E-state index contributed by atoms with van der Waals surface area (Å²) in [5.74, 6) is -0.352. The molecule has 10 nitrogen and oxygen atoms in total. The molecule has 0 aromatic heterocycles. The first-order valence-corrected chi connectivity index (χ1v) is 9.87. The molecule has 3 aliphatic heterocycles. The van der Waals surface area contributed by atoms with E-state index in [1.54, 1.807) is 4.90 Å². The number of benzene rings is 1. The molecule has 2 fully saturated rings. The van der Waals surface area contributed by atoms with Crippen molar-refractivity contribution in [1.29, 1.82) is 0 Å². The van der Waals surface area contributed by atoms with Crippen LogP contribution in [0.25, 0.3) is 6.08 Å². The van der Waals surface area contributed by atoms with Gasteiger partial charge in [0.2, 0.25) is 12.7 Å². The van der Waals surface area contributed by atoms with Gasteiger partial charge in [0.1, 0.15) is 6.54 Å². The third kappa shape index (κ3) is 3.77. The summed E-state index contributed by atoms with van der Waals surface area (Å²) in [6, 6.07) is 2.62. The molecule has 3 aliphatic rings. The van der Waals surface area contributed by atoms with Crippen LogP contribution in [-0.2, 0) is 9.59 Å². The zero-order chi connectivity index (χ0) is 20.5. The van der Waals surface area contributed by atoms with Crippen LogP contribution < -0.4 is 9.47 Å². The molecule has 29 heavy (non-hydrogen) atoms. The summed E-state index contributed by atoms with van der Waals surface area (Å²) in [4.78, 5) is 50.7. The van der Waals surface area contributed by atoms with E-state index < -0.39 is 16.1 Å². The average Bonchev–Trinajstić information content (AvgIpc) is 3.27. The predicted octanol–water partition coefficient (Wildman–Crippen LogP) is 2.37. The standard InChI is InChI=1S/C18H17N3O7S/c22-16(19-4-2-1-3-5-19)9-20-17(23)15(29-18(20)24)7-11-6-13-14(28-10-27-13)8-12(11)21(25)26/h6-8H,1-5,9-10H2/b15-7-. The van der Waals surface area contributed by atoms with Gasteiger partial charge < -0.3 is 14.4 Å². The van der Waals surface area contributed by atoms with Gasteiger partial charge in [-0.1, -0.05) is 0 Å². The molecule has 3 amide bonds. The SMILES string of the molecule is O=C(CN1C(=O)S/C(=C\c2cc3c(cc2[N+](=O)[O-])OCO3)C1=O)N1CCCCC1. The minimum Gasteiger partial charge on any atom is -0.454 e. The Labute approximate surface area is 169 Å². The Balaban J connectivity index is 1.56. The van der Waals surface area contributed by atoms with Crippen molar-refractivity contribution in [1.82, 2.24) is 9.80 Å². The number of hydrogen-bond acceptors (Lipinski definition) is 8. The summed E-state index contributed by atoms with van der Waals surface area (Å²) < 4.78 is 10.4. The number of carbonyl (C=O) groups excluding carboxylic acids is 3. The van der Waals surface area contributed by atoms with Crippen molar-refractivity contribution in [3.05, 3.63) is 32.7 Å². The molecule has 0 unspecified atom stereocenters. The molecule has 0 aliphatic carbocycles. The maximum atomic E-state index is 12.7. The molecule has 0 saturated carbocycles. The van der Waals surface area contributed by atoms with Crippen LogP contribution in [0.4, 0.5) is 10.5 Å². The largest absolute Gasteiger partial charge is 0.454 e. The fourth-order valence-corrected chi connectivity index (χ4v) is 4.21. The Morgan fingerprint density at radius 1 is 1.17 bits per heavy atom. The Kier molecular flexibility index (Phi) is 5.14. The molecule has 3 heterocycles. The van der Waals surface area contributed by atoms with Gasteiger partial charge in [0, 0.05) is 13.1 Å². The molecule has 0 radical (unpaired) electrons. The van der Waals surface area contributed by atoms with Crippen LogP contribution >= 0.6 is 11.8 Å². The van der Waals surface area contributed by atoms with Crippen LogP contribution in [0.2, 0.25) is 0 Å². The minimum absolute atomic E-state index is 0.0170. The zero-order valence-corrected chi connectivity index (χ0v) is 16.1. The number of hydrogen-bond donors (Lipinski definition) is 0. The number of ether oxygens (including phenoxy) is 2. The number of rotatable bonds is 4. The van der Waals surface area contributed by atoms with Crippen LogP contribution in [0.3, 0.4) is 0 Å². The number of nitrogens with zero attached hydrogens (tertiary/aromatic N) is 3. The van der Waals surface area contributed by atoms with E-state index >= 15 is 0 Å². The second-order valence-electron chi connectivity index (χ2n) is 6.73. The number of nitro groups is 1. The lowest BCUT2D eigenvalue weighted by Gasteiger charge is -2.27. The maximum Gasteiger partial charge on any atom is 0.294 e. The second kappa shape index (κ2) is 7.74. The van der Waals surface area contributed by atoms with E-state index in [9.17, 15) is 24.5 Å². The number of piperidine rings is 1. The minimum atomic E-state index is -0.641. The summed E-state index contributed by atoms with van der Waals surface area (Å²) in [5.41, 5.74) is -0.155. The monoisotopic (exact) mass is 419 g/mol. The van der Waals surface area contributed by atoms with Gasteiger partial charge in [0.05, 0.1) is 21.5 Å². The van der Waals surface area contributed by atoms with E-state index in [0.29, 0.717) is 30.6 Å². The third-order valence-corrected chi connectivity index (χ3v) is 5.79. The molecule has 0 N–H and O–H groups in total. The van der Waals surface area contributed by atoms with Gasteiger partial charge >= 0.3 is 0 Å². The van der Waals surface area contributed by atoms with E-state index in [0.717, 1.165) is 24.2 Å². The lowest BCUT2D eigenvalue weighted by Crippen LogP contribution is -2.44. The summed E-state index contributed by atoms with van der Waals surface area (Å²) in [6.07, 6.45) is 4.14. The van der Waals surface area contributed by atoms with Gasteiger partial charge in [-0.3, -0.25) is 29.4 Å². The van der Waals surface area contributed by atoms with Gasteiger partial charge in [-0.15, -0.1) is 0 Å². The molecule has 11 heteroatoms. The van der Waals surface area contributed by atoms with E-state index in [1.807, 2.05) is 0 Å². The van der Waals surface area contributed by atoms with Crippen molar-refractivity contribution in [3.63, 3.8) is 0 Å². The summed E-state index contributed by atoms with van der Waals surface area (Å²) in [5, 5.41) is 10.8. The summed E-state index contributed by atoms with van der Waals surface area (Å²) >= 11 is 0.652. The smallest absolute Gasteiger partial charge is 0.294 e. The van der Waals surface area contributed by atoms with Crippen molar-refractivity contribution in [2.75, 3.05) is 26.4 Å². The first-order chi connectivity index (χ1) is 13.9. The number of fused-ring (bicyclic) bond motifs is 1. The number of imide groups is 1. The highest BCUT2D eigenvalue weighted by Crippen LogP contribution is 2.40. The molecule has 152 valence electrons. The fraction of sp³-hybridized carbons (Fsp3) is 0.389. The highest BCUT2D eigenvalue weighted by atomic mass is 32.2. The number of amides is 3. The van der Waals surface area contributed by atoms with Crippen LogP contribution in [-0.4, -0.2) is 58.2 Å². The Morgan fingerprint density at radius 3 is 2.55 bits per heavy atom. The normalized spacial score (nSPS) is 19.9. The number of nitro benzene ring substituents is 1. The van der Waals surface area contributed by atoms with Crippen LogP contribution in [0.15, 0.2) is 17.0 Å². The molecular weight excluding hydrogens is 402 g/mol. The topological polar surface area (TPSA) is 119 Å². The molecule has 1 aromatic rings. The van der Waals surface area contributed by atoms with Gasteiger partial charge in [0.15, 0.2) is 11.5 Å². The van der Waals surface area contributed by atoms with E-state index in [4.69, 9.17) is 9.47 Å². The lowest BCUT2D eigenvalue weighted by molar-refractivity contribution is -0.385. The Bertz CT molecular complexity index is 940.